The second kappa shape index (κ2) is 6.40. The molecule has 0 aliphatic carbocycles. The maximum atomic E-state index is 11.1. The molecule has 0 bridgehead atoms. The summed E-state index contributed by atoms with van der Waals surface area (Å²) in [5.41, 5.74) is 6.71. The van der Waals surface area contributed by atoms with Crippen molar-refractivity contribution in [2.45, 2.75) is 24.3 Å². The van der Waals surface area contributed by atoms with Gasteiger partial charge in [-0.15, -0.1) is 10.2 Å². The first-order valence-corrected chi connectivity index (χ1v) is 7.09. The van der Waals surface area contributed by atoms with E-state index in [4.69, 9.17) is 5.73 Å². The summed E-state index contributed by atoms with van der Waals surface area (Å²) in [6, 6.07) is 7.25. The van der Waals surface area contributed by atoms with Gasteiger partial charge < -0.3 is 11.1 Å². The molecule has 0 spiro atoms. The van der Waals surface area contributed by atoms with Crippen LogP contribution < -0.4 is 11.1 Å². The van der Waals surface area contributed by atoms with Crippen molar-refractivity contribution in [1.82, 2.24) is 14.8 Å². The molecule has 0 saturated heterocycles. The third kappa shape index (κ3) is 3.82. The minimum Gasteiger partial charge on any atom is -0.369 e. The Morgan fingerprint density at radius 1 is 1.43 bits per heavy atom. The van der Waals surface area contributed by atoms with E-state index in [0.717, 1.165) is 5.69 Å². The summed E-state index contributed by atoms with van der Waals surface area (Å²) in [6.07, 6.45) is 1.54. The van der Waals surface area contributed by atoms with Gasteiger partial charge in [-0.25, -0.2) is 0 Å². The van der Waals surface area contributed by atoms with Crippen molar-refractivity contribution in [2.75, 3.05) is 5.32 Å². The van der Waals surface area contributed by atoms with E-state index in [-0.39, 0.29) is 5.91 Å². The molecule has 21 heavy (non-hydrogen) atoms. The molecule has 2 rings (SSSR count). The average Bonchev–Trinajstić information content (AvgIpc) is 2.86. The van der Waals surface area contributed by atoms with Gasteiger partial charge in [0.15, 0.2) is 5.16 Å². The molecule has 8 heteroatoms. The number of hydrogen-bond acceptors (Lipinski definition) is 5. The highest BCUT2D eigenvalue weighted by atomic mass is 32.2. The van der Waals surface area contributed by atoms with Gasteiger partial charge in [-0.2, -0.15) is 0 Å². The number of nitrogens with two attached hydrogens (primary N) is 1. The Morgan fingerprint density at radius 3 is 2.86 bits per heavy atom. The number of aromatic nitrogens is 3. The van der Waals surface area contributed by atoms with Gasteiger partial charge in [0.2, 0.25) is 11.8 Å². The van der Waals surface area contributed by atoms with Crippen molar-refractivity contribution >= 4 is 29.3 Å². The summed E-state index contributed by atoms with van der Waals surface area (Å²) in [6.45, 7) is 3.15. The van der Waals surface area contributed by atoms with E-state index in [1.54, 1.807) is 30.0 Å². The molecule has 7 nitrogen and oxygen atoms in total. The van der Waals surface area contributed by atoms with Crippen LogP contribution in [0.2, 0.25) is 0 Å². The number of anilines is 1. The van der Waals surface area contributed by atoms with E-state index in [1.165, 1.54) is 18.7 Å². The molecule has 3 N–H and O–H groups in total. The van der Waals surface area contributed by atoms with Gasteiger partial charge in [0.1, 0.15) is 6.33 Å². The third-order valence-electron chi connectivity index (χ3n) is 2.64. The van der Waals surface area contributed by atoms with Crippen LogP contribution in [-0.4, -0.2) is 31.8 Å². The van der Waals surface area contributed by atoms with Crippen LogP contribution in [-0.2, 0) is 9.59 Å². The zero-order valence-electron chi connectivity index (χ0n) is 11.6. The van der Waals surface area contributed by atoms with Gasteiger partial charge in [0.25, 0.3) is 0 Å². The average molecular weight is 305 g/mol. The van der Waals surface area contributed by atoms with Gasteiger partial charge in [-0.1, -0.05) is 17.8 Å². The van der Waals surface area contributed by atoms with Crippen molar-refractivity contribution < 1.29 is 9.59 Å². The third-order valence-corrected chi connectivity index (χ3v) is 3.72. The minimum absolute atomic E-state index is 0.146. The van der Waals surface area contributed by atoms with Crippen LogP contribution in [0.5, 0.6) is 0 Å². The Balaban J connectivity index is 2.28. The number of nitrogens with one attached hydrogen (secondary N) is 1. The number of carbonyl (C=O) groups is 2. The van der Waals surface area contributed by atoms with Crippen LogP contribution >= 0.6 is 11.8 Å². The van der Waals surface area contributed by atoms with E-state index in [9.17, 15) is 9.59 Å². The van der Waals surface area contributed by atoms with Crippen LogP contribution in [0, 0.1) is 0 Å². The van der Waals surface area contributed by atoms with Crippen molar-refractivity contribution in [1.29, 1.82) is 0 Å². The maximum Gasteiger partial charge on any atom is 0.230 e. The van der Waals surface area contributed by atoms with E-state index >= 15 is 0 Å². The molecule has 2 aromatic rings. The molecule has 2 amide bonds. The van der Waals surface area contributed by atoms with Crippen LogP contribution in [0.15, 0.2) is 35.7 Å². The number of primary amides is 1. The smallest absolute Gasteiger partial charge is 0.230 e. The number of rotatable bonds is 5. The zero-order chi connectivity index (χ0) is 15.4. The number of carbonyl (C=O) groups excluding carboxylic acids is 2. The monoisotopic (exact) mass is 305 g/mol. The molecule has 1 unspecified atom stereocenters. The summed E-state index contributed by atoms with van der Waals surface area (Å²) in [7, 11) is 0. The summed E-state index contributed by atoms with van der Waals surface area (Å²) in [5.74, 6) is -0.561. The van der Waals surface area contributed by atoms with Gasteiger partial charge in [0.05, 0.1) is 10.9 Å². The van der Waals surface area contributed by atoms with Crippen LogP contribution in [0.3, 0.4) is 0 Å². The Bertz CT molecular complexity index is 670. The molecule has 0 radical (unpaired) electrons. The molecule has 1 heterocycles. The molecule has 0 aliphatic rings. The Morgan fingerprint density at radius 2 is 2.19 bits per heavy atom. The van der Waals surface area contributed by atoms with E-state index in [0.29, 0.717) is 10.8 Å². The lowest BCUT2D eigenvalue weighted by Crippen LogP contribution is -2.23. The van der Waals surface area contributed by atoms with Gasteiger partial charge in [0, 0.05) is 12.6 Å². The molecule has 0 saturated carbocycles. The number of thioether (sulfide) groups is 1. The fourth-order valence-electron chi connectivity index (χ4n) is 1.63. The topological polar surface area (TPSA) is 103 Å². The summed E-state index contributed by atoms with van der Waals surface area (Å²) in [5, 5.41) is 10.7. The van der Waals surface area contributed by atoms with E-state index < -0.39 is 11.2 Å². The second-order valence-electron chi connectivity index (χ2n) is 4.38. The molecule has 1 atom stereocenters. The zero-order valence-corrected chi connectivity index (χ0v) is 12.4. The molecule has 0 fully saturated rings. The molecule has 1 aromatic heterocycles. The summed E-state index contributed by atoms with van der Waals surface area (Å²) >= 11 is 1.23. The van der Waals surface area contributed by atoms with Crippen LogP contribution in [0.1, 0.15) is 13.8 Å². The highest BCUT2D eigenvalue weighted by Crippen LogP contribution is 2.24. The summed E-state index contributed by atoms with van der Waals surface area (Å²) in [4.78, 5) is 22.2. The fourth-order valence-corrected chi connectivity index (χ4v) is 2.43. The fraction of sp³-hybridized carbons (Fsp3) is 0.231. The molecular weight excluding hydrogens is 290 g/mol. The SMILES string of the molecule is CC(=O)Nc1cccc(-n2cnnc2SC(C)C(N)=O)c1. The van der Waals surface area contributed by atoms with Crippen LogP contribution in [0.4, 0.5) is 5.69 Å². The predicted octanol–water partition coefficient (Wildman–Crippen LogP) is 1.19. The first-order chi connectivity index (χ1) is 9.97. The van der Waals surface area contributed by atoms with Crippen molar-refractivity contribution in [3.63, 3.8) is 0 Å². The molecule has 0 aliphatic heterocycles. The van der Waals surface area contributed by atoms with Crippen molar-refractivity contribution in [3.05, 3.63) is 30.6 Å². The van der Waals surface area contributed by atoms with Crippen molar-refractivity contribution in [2.24, 2.45) is 5.73 Å². The molecule has 110 valence electrons. The first-order valence-electron chi connectivity index (χ1n) is 6.21. The van der Waals surface area contributed by atoms with Gasteiger partial charge >= 0.3 is 0 Å². The van der Waals surface area contributed by atoms with Crippen LogP contribution in [0.25, 0.3) is 5.69 Å². The quantitative estimate of drug-likeness (QED) is 0.808. The van der Waals surface area contributed by atoms with Gasteiger partial charge in [-0.05, 0) is 25.1 Å². The first kappa shape index (κ1) is 15.0. The molecular formula is C13H15N5O2S. The normalized spacial score (nSPS) is 11.9. The largest absolute Gasteiger partial charge is 0.369 e. The maximum absolute atomic E-state index is 11.1. The minimum atomic E-state index is -0.415. The van der Waals surface area contributed by atoms with Gasteiger partial charge in [-0.3, -0.25) is 14.2 Å². The number of nitrogens with zero attached hydrogens (tertiary/aromatic N) is 3. The lowest BCUT2D eigenvalue weighted by atomic mass is 10.2. The van der Waals surface area contributed by atoms with E-state index in [2.05, 4.69) is 15.5 Å². The number of amides is 2. The highest BCUT2D eigenvalue weighted by Gasteiger charge is 2.15. The Kier molecular flexibility index (Phi) is 4.59. The van der Waals surface area contributed by atoms with E-state index in [1.807, 2.05) is 12.1 Å². The number of benzene rings is 1. The standard InChI is InChI=1S/C13H15N5O2S/c1-8(12(14)20)21-13-17-15-7-18(13)11-5-3-4-10(6-11)16-9(2)19/h3-8H,1-2H3,(H2,14,20)(H,16,19). The Hall–Kier alpha value is -2.35. The molecule has 1 aromatic carbocycles. The second-order valence-corrected chi connectivity index (χ2v) is 5.69. The lowest BCUT2D eigenvalue weighted by Gasteiger charge is -2.10. The predicted molar refractivity (Wildman–Crippen MR) is 80.2 cm³/mol. The lowest BCUT2D eigenvalue weighted by molar-refractivity contribution is -0.117. The number of hydrogen-bond donors (Lipinski definition) is 2. The highest BCUT2D eigenvalue weighted by molar-refractivity contribution is 8.00. The van der Waals surface area contributed by atoms with Crippen molar-refractivity contribution in [3.8, 4) is 5.69 Å². The Labute approximate surface area is 125 Å². The summed E-state index contributed by atoms with van der Waals surface area (Å²) < 4.78 is 1.73.